The number of carbonyl (C=O) groups is 1. The molecule has 1 amide bonds. The quantitative estimate of drug-likeness (QED) is 0.781. The zero-order chi connectivity index (χ0) is 19.5. The second-order valence-electron chi connectivity index (χ2n) is 6.66. The molecule has 1 saturated heterocycles. The van der Waals surface area contributed by atoms with E-state index in [0.717, 1.165) is 17.4 Å². The Labute approximate surface area is 156 Å². The van der Waals surface area contributed by atoms with Crippen molar-refractivity contribution >= 4 is 22.0 Å². The van der Waals surface area contributed by atoms with Crippen molar-refractivity contribution in [1.29, 1.82) is 0 Å². The van der Waals surface area contributed by atoms with E-state index in [1.54, 1.807) is 4.90 Å². The summed E-state index contributed by atoms with van der Waals surface area (Å²) in [7, 11) is -3.49. The van der Waals surface area contributed by atoms with E-state index in [0.29, 0.717) is 13.1 Å². The van der Waals surface area contributed by atoms with Gasteiger partial charge in [0.2, 0.25) is 15.9 Å². The third-order valence-corrected chi connectivity index (χ3v) is 6.28. The molecule has 0 spiro atoms. The molecule has 0 aliphatic carbocycles. The standard InChI is InChI=1S/C19H28N2O4S/c1-5-7-15-8-10-16(11-9-15)19-17(12-20(6-2)14(3)23)21(18(19)13-22)26(4,24)25/h5,7-11,17-19,22H,6,12-13H2,1-4H3/b7-5+/t17-,18+,19-/m1/s1. The molecule has 0 unspecified atom stereocenters. The first-order valence-corrected chi connectivity index (χ1v) is 10.7. The topological polar surface area (TPSA) is 77.9 Å². The number of aliphatic hydroxyl groups excluding tert-OH is 1. The van der Waals surface area contributed by atoms with Gasteiger partial charge < -0.3 is 10.0 Å². The molecule has 1 heterocycles. The number of hydrogen-bond donors (Lipinski definition) is 1. The van der Waals surface area contributed by atoms with Crippen LogP contribution in [0.5, 0.6) is 0 Å². The van der Waals surface area contributed by atoms with E-state index in [-0.39, 0.29) is 24.5 Å². The van der Waals surface area contributed by atoms with Gasteiger partial charge in [0, 0.05) is 25.9 Å². The first kappa shape index (κ1) is 20.6. The fourth-order valence-electron chi connectivity index (χ4n) is 3.77. The molecule has 1 aliphatic heterocycles. The molecule has 1 aromatic carbocycles. The van der Waals surface area contributed by atoms with Crippen molar-refractivity contribution in [2.24, 2.45) is 0 Å². The van der Waals surface area contributed by atoms with E-state index < -0.39 is 16.1 Å². The lowest BCUT2D eigenvalue weighted by atomic mass is 9.77. The number of sulfonamides is 1. The number of nitrogens with zero attached hydrogens (tertiary/aromatic N) is 2. The van der Waals surface area contributed by atoms with Gasteiger partial charge in [-0.2, -0.15) is 4.31 Å². The molecule has 2 rings (SSSR count). The van der Waals surface area contributed by atoms with Crippen LogP contribution >= 0.6 is 0 Å². The van der Waals surface area contributed by atoms with Gasteiger partial charge in [-0.1, -0.05) is 36.4 Å². The van der Waals surface area contributed by atoms with Crippen molar-refractivity contribution in [3.8, 4) is 0 Å². The van der Waals surface area contributed by atoms with E-state index in [1.165, 1.54) is 11.2 Å². The zero-order valence-electron chi connectivity index (χ0n) is 15.8. The van der Waals surface area contributed by atoms with Crippen LogP contribution in [0.2, 0.25) is 0 Å². The largest absolute Gasteiger partial charge is 0.395 e. The highest BCUT2D eigenvalue weighted by Gasteiger charge is 2.53. The summed E-state index contributed by atoms with van der Waals surface area (Å²) in [6.45, 7) is 5.88. The predicted octanol–water partition coefficient (Wildman–Crippen LogP) is 1.68. The molecule has 144 valence electrons. The summed E-state index contributed by atoms with van der Waals surface area (Å²) in [5.74, 6) is -0.238. The summed E-state index contributed by atoms with van der Waals surface area (Å²) in [6.07, 6.45) is 5.09. The van der Waals surface area contributed by atoms with Crippen LogP contribution < -0.4 is 0 Å². The van der Waals surface area contributed by atoms with Gasteiger partial charge in [-0.05, 0) is 25.0 Å². The number of amides is 1. The maximum atomic E-state index is 12.3. The SMILES string of the molecule is C/C=C/c1ccc([C@@H]2[C@@H](CN(CC)C(C)=O)N(S(C)(=O)=O)[C@H]2CO)cc1. The molecular weight excluding hydrogens is 352 g/mol. The third kappa shape index (κ3) is 4.16. The average molecular weight is 381 g/mol. The molecule has 3 atom stereocenters. The molecule has 0 saturated carbocycles. The fraction of sp³-hybridized carbons (Fsp3) is 0.526. The van der Waals surface area contributed by atoms with E-state index in [9.17, 15) is 18.3 Å². The molecule has 26 heavy (non-hydrogen) atoms. The van der Waals surface area contributed by atoms with Gasteiger partial charge >= 0.3 is 0 Å². The molecule has 1 aliphatic rings. The molecule has 7 heteroatoms. The molecule has 6 nitrogen and oxygen atoms in total. The van der Waals surface area contributed by atoms with Crippen molar-refractivity contribution in [1.82, 2.24) is 9.21 Å². The lowest BCUT2D eigenvalue weighted by Crippen LogP contribution is -2.68. The molecule has 0 aromatic heterocycles. The van der Waals surface area contributed by atoms with Crippen LogP contribution in [0.25, 0.3) is 6.08 Å². The summed E-state index contributed by atoms with van der Waals surface area (Å²) >= 11 is 0. The zero-order valence-corrected chi connectivity index (χ0v) is 16.6. The van der Waals surface area contributed by atoms with Gasteiger partial charge in [-0.25, -0.2) is 8.42 Å². The minimum atomic E-state index is -3.49. The Balaban J connectivity index is 2.37. The molecule has 0 bridgehead atoms. The summed E-state index contributed by atoms with van der Waals surface area (Å²) < 4.78 is 25.9. The van der Waals surface area contributed by atoms with Crippen LogP contribution in [0.15, 0.2) is 30.3 Å². The Bertz CT molecular complexity index is 758. The molecule has 0 radical (unpaired) electrons. The highest BCUT2D eigenvalue weighted by molar-refractivity contribution is 7.88. The number of rotatable bonds is 7. The Morgan fingerprint density at radius 2 is 1.88 bits per heavy atom. The normalized spacial score (nSPS) is 23.8. The summed E-state index contributed by atoms with van der Waals surface area (Å²) in [5.41, 5.74) is 2.04. The van der Waals surface area contributed by atoms with Crippen molar-refractivity contribution in [2.45, 2.75) is 38.8 Å². The van der Waals surface area contributed by atoms with E-state index in [1.807, 2.05) is 50.3 Å². The average Bonchev–Trinajstić information content (AvgIpc) is 2.54. The number of aliphatic hydroxyl groups is 1. The van der Waals surface area contributed by atoms with Crippen LogP contribution in [0.1, 0.15) is 37.8 Å². The van der Waals surface area contributed by atoms with Gasteiger partial charge in [-0.3, -0.25) is 4.79 Å². The smallest absolute Gasteiger partial charge is 0.219 e. The first-order valence-electron chi connectivity index (χ1n) is 8.82. The Hall–Kier alpha value is -1.70. The molecule has 1 N–H and O–H groups in total. The van der Waals surface area contributed by atoms with E-state index in [4.69, 9.17) is 0 Å². The van der Waals surface area contributed by atoms with Crippen molar-refractivity contribution < 1.29 is 18.3 Å². The fourth-order valence-corrected chi connectivity index (χ4v) is 5.15. The van der Waals surface area contributed by atoms with Crippen LogP contribution in [0.4, 0.5) is 0 Å². The molecule has 1 aromatic rings. The lowest BCUT2D eigenvalue weighted by molar-refractivity contribution is -0.130. The second-order valence-corrected chi connectivity index (χ2v) is 8.55. The minimum Gasteiger partial charge on any atom is -0.395 e. The minimum absolute atomic E-state index is 0.0874. The van der Waals surface area contributed by atoms with E-state index >= 15 is 0 Å². The van der Waals surface area contributed by atoms with Gasteiger partial charge in [-0.15, -0.1) is 0 Å². The van der Waals surface area contributed by atoms with Gasteiger partial charge in [0.05, 0.1) is 24.9 Å². The highest BCUT2D eigenvalue weighted by Crippen LogP contribution is 2.42. The maximum absolute atomic E-state index is 12.3. The van der Waals surface area contributed by atoms with Crippen LogP contribution in [-0.4, -0.2) is 66.7 Å². The van der Waals surface area contributed by atoms with Gasteiger partial charge in [0.15, 0.2) is 0 Å². The van der Waals surface area contributed by atoms with Crippen molar-refractivity contribution in [2.75, 3.05) is 26.0 Å². The van der Waals surface area contributed by atoms with Crippen molar-refractivity contribution in [3.63, 3.8) is 0 Å². The first-order chi connectivity index (χ1) is 12.2. The second kappa shape index (κ2) is 8.33. The number of carbonyl (C=O) groups excluding carboxylic acids is 1. The number of likely N-dealkylation sites (N-methyl/N-ethyl adjacent to an activating group) is 1. The maximum Gasteiger partial charge on any atom is 0.219 e. The Kier molecular flexibility index (Phi) is 6.60. The summed E-state index contributed by atoms with van der Waals surface area (Å²) in [6, 6.07) is 7.02. The predicted molar refractivity (Wildman–Crippen MR) is 103 cm³/mol. The summed E-state index contributed by atoms with van der Waals surface area (Å²) in [4.78, 5) is 13.5. The number of benzene rings is 1. The van der Waals surface area contributed by atoms with Crippen LogP contribution in [0, 0.1) is 0 Å². The van der Waals surface area contributed by atoms with Crippen LogP contribution in [0.3, 0.4) is 0 Å². The number of allylic oxidation sites excluding steroid dienone is 1. The lowest BCUT2D eigenvalue weighted by Gasteiger charge is -2.54. The van der Waals surface area contributed by atoms with E-state index in [2.05, 4.69) is 0 Å². The van der Waals surface area contributed by atoms with Crippen LogP contribution in [-0.2, 0) is 14.8 Å². The third-order valence-electron chi connectivity index (χ3n) is 4.97. The monoisotopic (exact) mass is 380 g/mol. The Morgan fingerprint density at radius 1 is 1.27 bits per heavy atom. The summed E-state index contributed by atoms with van der Waals surface area (Å²) in [5, 5.41) is 9.81. The molecular formula is C19H28N2O4S. The number of hydrogen-bond acceptors (Lipinski definition) is 4. The Morgan fingerprint density at radius 3 is 2.31 bits per heavy atom. The van der Waals surface area contributed by atoms with Crippen molar-refractivity contribution in [3.05, 3.63) is 41.5 Å². The van der Waals surface area contributed by atoms with Gasteiger partial charge in [0.25, 0.3) is 0 Å². The highest BCUT2D eigenvalue weighted by atomic mass is 32.2. The molecule has 1 fully saturated rings. The van der Waals surface area contributed by atoms with Gasteiger partial charge in [0.1, 0.15) is 0 Å².